The van der Waals surface area contributed by atoms with E-state index in [1.165, 1.54) is 22.5 Å². The molecule has 0 aliphatic carbocycles. The maximum absolute atomic E-state index is 13.2. The van der Waals surface area contributed by atoms with E-state index in [9.17, 15) is 13.2 Å². The average molecular weight is 437 g/mol. The van der Waals surface area contributed by atoms with Crippen molar-refractivity contribution in [2.24, 2.45) is 0 Å². The van der Waals surface area contributed by atoms with Gasteiger partial charge in [-0.05, 0) is 56.5 Å². The lowest BCUT2D eigenvalue weighted by Crippen LogP contribution is -2.35. The van der Waals surface area contributed by atoms with Gasteiger partial charge >= 0.3 is 0 Å². The van der Waals surface area contributed by atoms with Crippen LogP contribution in [-0.4, -0.2) is 45.5 Å². The summed E-state index contributed by atoms with van der Waals surface area (Å²) < 4.78 is 33.4. The molecule has 1 aliphatic rings. The summed E-state index contributed by atoms with van der Waals surface area (Å²) in [5.74, 6) is 0.137. The SMILES string of the molecule is CCN(CC)C(=O)COc1ccc(S(=O)(=O)N2CCCc3ccccc32)cc1Cl. The monoisotopic (exact) mass is 436 g/mol. The van der Waals surface area contributed by atoms with Gasteiger partial charge in [0.05, 0.1) is 15.6 Å². The van der Waals surface area contributed by atoms with E-state index in [4.69, 9.17) is 16.3 Å². The number of likely N-dealkylation sites (N-methyl/N-ethyl adjacent to an activating group) is 1. The molecule has 1 aliphatic heterocycles. The van der Waals surface area contributed by atoms with Crippen LogP contribution in [-0.2, 0) is 21.2 Å². The Balaban J connectivity index is 1.80. The second-order valence-electron chi connectivity index (χ2n) is 6.76. The first-order chi connectivity index (χ1) is 13.9. The molecule has 8 heteroatoms. The molecular formula is C21H25ClN2O4S. The fraction of sp³-hybridized carbons (Fsp3) is 0.381. The van der Waals surface area contributed by atoms with Crippen LogP contribution in [0.4, 0.5) is 5.69 Å². The average Bonchev–Trinajstić information content (AvgIpc) is 2.73. The third-order valence-electron chi connectivity index (χ3n) is 5.03. The Morgan fingerprint density at radius 1 is 1.17 bits per heavy atom. The number of carbonyl (C=O) groups is 1. The first kappa shape index (κ1) is 21.5. The summed E-state index contributed by atoms with van der Waals surface area (Å²) in [5.41, 5.74) is 1.73. The first-order valence-electron chi connectivity index (χ1n) is 9.69. The van der Waals surface area contributed by atoms with Gasteiger partial charge in [0.2, 0.25) is 0 Å². The Morgan fingerprint density at radius 2 is 1.90 bits per heavy atom. The van der Waals surface area contributed by atoms with Crippen molar-refractivity contribution in [3.63, 3.8) is 0 Å². The van der Waals surface area contributed by atoms with Crippen molar-refractivity contribution in [2.75, 3.05) is 30.5 Å². The zero-order chi connectivity index (χ0) is 21.0. The van der Waals surface area contributed by atoms with E-state index in [0.717, 1.165) is 18.4 Å². The van der Waals surface area contributed by atoms with Crippen molar-refractivity contribution in [1.29, 1.82) is 0 Å². The summed E-state index contributed by atoms with van der Waals surface area (Å²) in [6.45, 7) is 5.27. The largest absolute Gasteiger partial charge is 0.482 e. The predicted molar refractivity (Wildman–Crippen MR) is 114 cm³/mol. The summed E-state index contributed by atoms with van der Waals surface area (Å²) in [7, 11) is -3.75. The Bertz CT molecular complexity index is 990. The minimum atomic E-state index is -3.75. The molecule has 0 N–H and O–H groups in total. The first-order valence-corrected chi connectivity index (χ1v) is 11.5. The molecule has 0 unspecified atom stereocenters. The van der Waals surface area contributed by atoms with Gasteiger partial charge in [-0.2, -0.15) is 0 Å². The van der Waals surface area contributed by atoms with E-state index in [0.29, 0.717) is 25.3 Å². The van der Waals surface area contributed by atoms with E-state index in [1.807, 2.05) is 38.1 Å². The number of halogens is 1. The highest BCUT2D eigenvalue weighted by atomic mass is 35.5. The van der Waals surface area contributed by atoms with Gasteiger partial charge < -0.3 is 9.64 Å². The van der Waals surface area contributed by atoms with Gasteiger partial charge in [0.1, 0.15) is 5.75 Å². The number of aryl methyl sites for hydroxylation is 1. The molecule has 0 saturated heterocycles. The zero-order valence-electron chi connectivity index (χ0n) is 16.6. The quantitative estimate of drug-likeness (QED) is 0.663. The van der Waals surface area contributed by atoms with Gasteiger partial charge in [-0.1, -0.05) is 29.8 Å². The van der Waals surface area contributed by atoms with E-state index in [-0.39, 0.29) is 28.2 Å². The summed E-state index contributed by atoms with van der Waals surface area (Å²) in [6, 6.07) is 11.9. The number of para-hydroxylation sites is 1. The number of hydrogen-bond donors (Lipinski definition) is 0. The molecule has 0 aromatic heterocycles. The molecule has 1 heterocycles. The third-order valence-corrected chi connectivity index (χ3v) is 7.13. The second-order valence-corrected chi connectivity index (χ2v) is 9.03. The van der Waals surface area contributed by atoms with Gasteiger partial charge in [-0.3, -0.25) is 9.10 Å². The number of anilines is 1. The van der Waals surface area contributed by atoms with Crippen LogP contribution in [0, 0.1) is 0 Å². The molecule has 156 valence electrons. The van der Waals surface area contributed by atoms with Gasteiger partial charge in [0.15, 0.2) is 6.61 Å². The molecule has 2 aromatic rings. The van der Waals surface area contributed by atoms with Crippen LogP contribution in [0.5, 0.6) is 5.75 Å². The summed E-state index contributed by atoms with van der Waals surface area (Å²) in [5, 5.41) is 0.156. The van der Waals surface area contributed by atoms with Gasteiger partial charge in [0, 0.05) is 19.6 Å². The molecule has 0 atom stereocenters. The van der Waals surface area contributed by atoms with E-state index in [2.05, 4.69) is 0 Å². The summed E-state index contributed by atoms with van der Waals surface area (Å²) >= 11 is 6.27. The fourth-order valence-corrected chi connectivity index (χ4v) is 5.31. The summed E-state index contributed by atoms with van der Waals surface area (Å²) in [6.07, 6.45) is 1.62. The van der Waals surface area contributed by atoms with Crippen molar-refractivity contribution < 1.29 is 17.9 Å². The molecular weight excluding hydrogens is 412 g/mol. The lowest BCUT2D eigenvalue weighted by molar-refractivity contribution is -0.132. The molecule has 3 rings (SSSR count). The van der Waals surface area contributed by atoms with E-state index < -0.39 is 10.0 Å². The number of rotatable bonds is 7. The van der Waals surface area contributed by atoms with Crippen molar-refractivity contribution >= 4 is 33.2 Å². The highest BCUT2D eigenvalue weighted by Crippen LogP contribution is 2.34. The minimum Gasteiger partial charge on any atom is -0.482 e. The zero-order valence-corrected chi connectivity index (χ0v) is 18.2. The molecule has 0 saturated carbocycles. The Labute approximate surface area is 177 Å². The van der Waals surface area contributed by atoms with Crippen LogP contribution < -0.4 is 9.04 Å². The molecule has 2 aromatic carbocycles. The van der Waals surface area contributed by atoms with Crippen LogP contribution in [0.2, 0.25) is 5.02 Å². The highest BCUT2D eigenvalue weighted by molar-refractivity contribution is 7.92. The maximum atomic E-state index is 13.2. The Kier molecular flexibility index (Phi) is 6.70. The van der Waals surface area contributed by atoms with Crippen molar-refractivity contribution in [3.05, 3.63) is 53.1 Å². The molecule has 29 heavy (non-hydrogen) atoms. The number of nitrogens with zero attached hydrogens (tertiary/aromatic N) is 2. The molecule has 1 amide bonds. The third kappa shape index (κ3) is 4.51. The van der Waals surface area contributed by atoms with E-state index >= 15 is 0 Å². The van der Waals surface area contributed by atoms with Gasteiger partial charge in [-0.25, -0.2) is 8.42 Å². The second kappa shape index (κ2) is 9.05. The van der Waals surface area contributed by atoms with Crippen LogP contribution in [0.3, 0.4) is 0 Å². The van der Waals surface area contributed by atoms with Crippen LogP contribution in [0.25, 0.3) is 0 Å². The number of sulfonamides is 1. The van der Waals surface area contributed by atoms with Crippen molar-refractivity contribution in [1.82, 2.24) is 4.90 Å². The number of fused-ring (bicyclic) bond motifs is 1. The van der Waals surface area contributed by atoms with Crippen molar-refractivity contribution in [2.45, 2.75) is 31.6 Å². The van der Waals surface area contributed by atoms with Crippen LogP contribution in [0.15, 0.2) is 47.4 Å². The number of amides is 1. The molecule has 0 bridgehead atoms. The number of hydrogen-bond acceptors (Lipinski definition) is 4. The maximum Gasteiger partial charge on any atom is 0.264 e. The topological polar surface area (TPSA) is 66.9 Å². The smallest absolute Gasteiger partial charge is 0.264 e. The lowest BCUT2D eigenvalue weighted by Gasteiger charge is -2.30. The normalized spacial score (nSPS) is 13.7. The highest BCUT2D eigenvalue weighted by Gasteiger charge is 2.29. The van der Waals surface area contributed by atoms with Crippen LogP contribution in [0.1, 0.15) is 25.8 Å². The van der Waals surface area contributed by atoms with Gasteiger partial charge in [0.25, 0.3) is 15.9 Å². The lowest BCUT2D eigenvalue weighted by atomic mass is 10.0. The minimum absolute atomic E-state index is 0.0987. The van der Waals surface area contributed by atoms with Crippen molar-refractivity contribution in [3.8, 4) is 5.75 Å². The fourth-order valence-electron chi connectivity index (χ4n) is 3.44. The predicted octanol–water partition coefficient (Wildman–Crippen LogP) is 3.73. The van der Waals surface area contributed by atoms with Gasteiger partial charge in [-0.15, -0.1) is 0 Å². The Morgan fingerprint density at radius 3 is 2.59 bits per heavy atom. The number of benzene rings is 2. The molecule has 6 nitrogen and oxygen atoms in total. The number of carbonyl (C=O) groups excluding carboxylic acids is 1. The Hall–Kier alpha value is -2.25. The summed E-state index contributed by atoms with van der Waals surface area (Å²) in [4.78, 5) is 13.8. The number of ether oxygens (including phenoxy) is 1. The van der Waals surface area contributed by atoms with E-state index in [1.54, 1.807) is 4.90 Å². The molecule has 0 spiro atoms. The molecule has 0 radical (unpaired) electrons. The van der Waals surface area contributed by atoms with Crippen LogP contribution >= 0.6 is 11.6 Å². The molecule has 0 fully saturated rings. The standard InChI is InChI=1S/C21H25ClN2O4S/c1-3-23(4-2)21(25)15-28-20-12-11-17(14-18(20)22)29(26,27)24-13-7-9-16-8-5-6-10-19(16)24/h5-6,8,10-12,14H,3-4,7,9,13,15H2,1-2H3.